The molecule has 0 radical (unpaired) electrons. The molecule has 2 unspecified atom stereocenters. The lowest BCUT2D eigenvalue weighted by Gasteiger charge is -2.37. The number of ether oxygens (including phenoxy) is 1. The van der Waals surface area contributed by atoms with Gasteiger partial charge >= 0.3 is 0 Å². The molecule has 20 heavy (non-hydrogen) atoms. The van der Waals surface area contributed by atoms with Crippen molar-refractivity contribution in [2.75, 3.05) is 19.7 Å². The van der Waals surface area contributed by atoms with E-state index in [-0.39, 0.29) is 30.0 Å². The van der Waals surface area contributed by atoms with Crippen molar-refractivity contribution < 1.29 is 18.3 Å². The summed E-state index contributed by atoms with van der Waals surface area (Å²) in [6.45, 7) is 5.33. The number of carbonyl (C=O) groups is 1. The minimum atomic E-state index is -0.802. The third-order valence-corrected chi connectivity index (χ3v) is 3.63. The maximum atomic E-state index is 13.6. The van der Waals surface area contributed by atoms with Gasteiger partial charge in [-0.1, -0.05) is 6.92 Å². The maximum absolute atomic E-state index is 13.6. The molecule has 2 rings (SSSR count). The number of Topliss-reactive ketones (excluding diaryl/α,β-unsaturated/α-hetero) is 1. The molecule has 2 atom stereocenters. The van der Waals surface area contributed by atoms with E-state index in [0.29, 0.717) is 13.2 Å². The van der Waals surface area contributed by atoms with E-state index in [2.05, 4.69) is 0 Å². The van der Waals surface area contributed by atoms with Crippen LogP contribution in [0.4, 0.5) is 8.78 Å². The summed E-state index contributed by atoms with van der Waals surface area (Å²) in [5.41, 5.74) is -0.0552. The van der Waals surface area contributed by atoms with Crippen molar-refractivity contribution in [3.8, 4) is 0 Å². The number of ketones is 1. The van der Waals surface area contributed by atoms with E-state index < -0.39 is 11.6 Å². The van der Waals surface area contributed by atoms with Crippen LogP contribution < -0.4 is 0 Å². The molecule has 3 nitrogen and oxygen atoms in total. The van der Waals surface area contributed by atoms with Crippen LogP contribution >= 0.6 is 0 Å². The predicted molar refractivity (Wildman–Crippen MR) is 71.8 cm³/mol. The molecule has 1 aromatic rings. The molecule has 0 spiro atoms. The Hall–Kier alpha value is -1.33. The highest BCUT2D eigenvalue weighted by atomic mass is 19.1. The van der Waals surface area contributed by atoms with Crippen molar-refractivity contribution in [3.63, 3.8) is 0 Å². The van der Waals surface area contributed by atoms with Crippen LogP contribution in [0.15, 0.2) is 18.2 Å². The Kier molecular flexibility index (Phi) is 4.83. The molecule has 1 fully saturated rings. The molecule has 0 aliphatic carbocycles. The number of halogens is 2. The molecular weight excluding hydrogens is 264 g/mol. The van der Waals surface area contributed by atoms with Gasteiger partial charge in [-0.05, 0) is 25.5 Å². The van der Waals surface area contributed by atoms with Crippen LogP contribution in [0.5, 0.6) is 0 Å². The van der Waals surface area contributed by atoms with Gasteiger partial charge in [0.05, 0.1) is 24.8 Å². The summed E-state index contributed by atoms with van der Waals surface area (Å²) >= 11 is 0. The van der Waals surface area contributed by atoms with Gasteiger partial charge in [-0.25, -0.2) is 8.78 Å². The third kappa shape index (κ3) is 3.41. The van der Waals surface area contributed by atoms with Crippen LogP contribution in [-0.4, -0.2) is 42.5 Å². The molecule has 110 valence electrons. The van der Waals surface area contributed by atoms with Gasteiger partial charge in [0, 0.05) is 18.7 Å². The minimum absolute atomic E-state index is 0.0552. The van der Waals surface area contributed by atoms with E-state index in [4.69, 9.17) is 4.74 Å². The molecule has 5 heteroatoms. The van der Waals surface area contributed by atoms with Crippen molar-refractivity contribution in [2.45, 2.75) is 32.4 Å². The van der Waals surface area contributed by atoms with Crippen LogP contribution in [0.3, 0.4) is 0 Å². The smallest absolute Gasteiger partial charge is 0.179 e. The molecule has 1 aliphatic rings. The Bertz CT molecular complexity index is 493. The van der Waals surface area contributed by atoms with E-state index in [1.807, 2.05) is 18.7 Å². The van der Waals surface area contributed by atoms with E-state index in [9.17, 15) is 13.6 Å². The highest BCUT2D eigenvalue weighted by molar-refractivity contribution is 5.97. The highest BCUT2D eigenvalue weighted by Gasteiger charge is 2.28. The monoisotopic (exact) mass is 283 g/mol. The summed E-state index contributed by atoms with van der Waals surface area (Å²) in [5, 5.41) is 0. The molecule has 0 amide bonds. The van der Waals surface area contributed by atoms with Gasteiger partial charge in [-0.15, -0.1) is 0 Å². The highest BCUT2D eigenvalue weighted by Crippen LogP contribution is 2.17. The number of benzene rings is 1. The number of morpholine rings is 1. The Labute approximate surface area is 117 Å². The molecule has 0 bridgehead atoms. The molecule has 0 N–H and O–H groups in total. The van der Waals surface area contributed by atoms with Gasteiger partial charge in [-0.3, -0.25) is 9.69 Å². The lowest BCUT2D eigenvalue weighted by atomic mass is 10.1. The second-order valence-electron chi connectivity index (χ2n) is 5.18. The average molecular weight is 283 g/mol. The van der Waals surface area contributed by atoms with Gasteiger partial charge in [-0.2, -0.15) is 0 Å². The van der Waals surface area contributed by atoms with Crippen LogP contribution in [-0.2, 0) is 4.74 Å². The maximum Gasteiger partial charge on any atom is 0.179 e. The number of hydrogen-bond acceptors (Lipinski definition) is 3. The fourth-order valence-corrected chi connectivity index (χ4v) is 2.47. The molecule has 1 aliphatic heterocycles. The summed E-state index contributed by atoms with van der Waals surface area (Å²) in [7, 11) is 0. The van der Waals surface area contributed by atoms with E-state index in [0.717, 1.165) is 18.6 Å². The first kappa shape index (κ1) is 15.1. The van der Waals surface area contributed by atoms with E-state index in [1.54, 1.807) is 0 Å². The number of hydrogen-bond donors (Lipinski definition) is 0. The SMILES string of the molecule is CCC1COC(C)CN1CC(=O)c1ccc(F)cc1F. The van der Waals surface area contributed by atoms with Crippen molar-refractivity contribution in [2.24, 2.45) is 0 Å². The number of carbonyl (C=O) groups excluding carboxylic acids is 1. The Morgan fingerprint density at radius 2 is 2.20 bits per heavy atom. The summed E-state index contributed by atoms with van der Waals surface area (Å²) in [5.74, 6) is -1.80. The largest absolute Gasteiger partial charge is 0.376 e. The summed E-state index contributed by atoms with van der Waals surface area (Å²) < 4.78 is 32.0. The fourth-order valence-electron chi connectivity index (χ4n) is 2.47. The quantitative estimate of drug-likeness (QED) is 0.796. The molecular formula is C15H19F2NO2. The zero-order chi connectivity index (χ0) is 14.7. The van der Waals surface area contributed by atoms with Crippen molar-refractivity contribution in [1.29, 1.82) is 0 Å². The van der Waals surface area contributed by atoms with Crippen molar-refractivity contribution in [1.82, 2.24) is 4.90 Å². The van der Waals surface area contributed by atoms with Crippen molar-refractivity contribution >= 4 is 5.78 Å². The normalized spacial score (nSPS) is 23.8. The minimum Gasteiger partial charge on any atom is -0.376 e. The molecule has 1 aromatic carbocycles. The Morgan fingerprint density at radius 1 is 1.45 bits per heavy atom. The van der Waals surface area contributed by atoms with Crippen LogP contribution in [0.25, 0.3) is 0 Å². The predicted octanol–water partition coefficient (Wildman–Crippen LogP) is 2.65. The van der Waals surface area contributed by atoms with E-state index >= 15 is 0 Å². The number of nitrogens with zero attached hydrogens (tertiary/aromatic N) is 1. The summed E-state index contributed by atoms with van der Waals surface area (Å²) in [6, 6.07) is 3.22. The van der Waals surface area contributed by atoms with Gasteiger partial charge in [0.2, 0.25) is 0 Å². The van der Waals surface area contributed by atoms with E-state index in [1.165, 1.54) is 6.07 Å². The van der Waals surface area contributed by atoms with Gasteiger partial charge in [0.25, 0.3) is 0 Å². The standard InChI is InChI=1S/C15H19F2NO2/c1-3-12-9-20-10(2)7-18(12)8-15(19)13-5-4-11(16)6-14(13)17/h4-6,10,12H,3,7-9H2,1-2H3. The first-order chi connectivity index (χ1) is 9.51. The fraction of sp³-hybridized carbons (Fsp3) is 0.533. The van der Waals surface area contributed by atoms with Crippen LogP contribution in [0.1, 0.15) is 30.6 Å². The molecule has 1 saturated heterocycles. The van der Waals surface area contributed by atoms with Gasteiger partial charge in [0.1, 0.15) is 11.6 Å². The van der Waals surface area contributed by atoms with Crippen LogP contribution in [0.2, 0.25) is 0 Å². The number of rotatable bonds is 4. The Balaban J connectivity index is 2.09. The van der Waals surface area contributed by atoms with Crippen molar-refractivity contribution in [3.05, 3.63) is 35.4 Å². The zero-order valence-electron chi connectivity index (χ0n) is 11.7. The first-order valence-electron chi connectivity index (χ1n) is 6.85. The summed E-state index contributed by atoms with van der Waals surface area (Å²) in [6.07, 6.45) is 0.926. The topological polar surface area (TPSA) is 29.5 Å². The first-order valence-corrected chi connectivity index (χ1v) is 6.85. The third-order valence-electron chi connectivity index (χ3n) is 3.63. The molecule has 0 aromatic heterocycles. The Morgan fingerprint density at radius 3 is 2.85 bits per heavy atom. The molecule has 1 heterocycles. The van der Waals surface area contributed by atoms with Gasteiger partial charge < -0.3 is 4.74 Å². The van der Waals surface area contributed by atoms with Gasteiger partial charge in [0.15, 0.2) is 5.78 Å². The second-order valence-corrected chi connectivity index (χ2v) is 5.18. The lowest BCUT2D eigenvalue weighted by molar-refractivity contribution is -0.0523. The summed E-state index contributed by atoms with van der Waals surface area (Å²) in [4.78, 5) is 14.2. The molecule has 0 saturated carbocycles. The second kappa shape index (κ2) is 6.41. The zero-order valence-corrected chi connectivity index (χ0v) is 11.7. The van der Waals surface area contributed by atoms with Crippen LogP contribution in [0, 0.1) is 11.6 Å². The lowest BCUT2D eigenvalue weighted by Crippen LogP contribution is -2.50. The average Bonchev–Trinajstić information content (AvgIpc) is 2.38.